The molecule has 0 radical (unpaired) electrons. The van der Waals surface area contributed by atoms with Gasteiger partial charge < -0.3 is 14.5 Å². The van der Waals surface area contributed by atoms with E-state index in [0.717, 1.165) is 17.7 Å². The van der Waals surface area contributed by atoms with Crippen LogP contribution < -0.4 is 10.1 Å². The Morgan fingerprint density at radius 2 is 1.88 bits per heavy atom. The molecule has 0 spiro atoms. The summed E-state index contributed by atoms with van der Waals surface area (Å²) in [6, 6.07) is 15.3. The quantitative estimate of drug-likeness (QED) is 0.699. The monoisotopic (exact) mass is 351 g/mol. The average molecular weight is 351 g/mol. The number of nitrogens with zero attached hydrogens (tertiary/aromatic N) is 2. The summed E-state index contributed by atoms with van der Waals surface area (Å²) >= 11 is 0. The first-order chi connectivity index (χ1) is 12.7. The van der Waals surface area contributed by atoms with Crippen LogP contribution in [0.5, 0.6) is 5.75 Å². The van der Waals surface area contributed by atoms with Gasteiger partial charge in [-0.1, -0.05) is 31.2 Å². The highest BCUT2D eigenvalue weighted by molar-refractivity contribution is 5.90. The Bertz CT molecular complexity index is 872. The average Bonchev–Trinajstić information content (AvgIpc) is 3.16. The summed E-state index contributed by atoms with van der Waals surface area (Å²) in [5.74, 6) is 1.37. The molecule has 0 saturated heterocycles. The maximum atomic E-state index is 12.1. The molecule has 0 atom stereocenters. The van der Waals surface area contributed by atoms with Crippen molar-refractivity contribution in [2.24, 2.45) is 0 Å². The molecule has 0 aliphatic carbocycles. The molecule has 1 heterocycles. The van der Waals surface area contributed by atoms with Gasteiger partial charge in [-0.2, -0.15) is 0 Å². The van der Waals surface area contributed by atoms with Gasteiger partial charge in [0.05, 0.1) is 12.7 Å². The van der Waals surface area contributed by atoms with Gasteiger partial charge in [-0.25, -0.2) is 0 Å². The van der Waals surface area contributed by atoms with Gasteiger partial charge in [0.25, 0.3) is 5.89 Å². The fourth-order valence-electron chi connectivity index (χ4n) is 2.55. The van der Waals surface area contributed by atoms with Crippen LogP contribution in [0, 0.1) is 0 Å². The predicted molar refractivity (Wildman–Crippen MR) is 99.1 cm³/mol. The number of rotatable bonds is 7. The van der Waals surface area contributed by atoms with E-state index in [9.17, 15) is 4.79 Å². The minimum atomic E-state index is -0.0914. The highest BCUT2D eigenvalue weighted by atomic mass is 16.5. The number of para-hydroxylation sites is 1. The lowest BCUT2D eigenvalue weighted by atomic mass is 10.1. The molecule has 0 fully saturated rings. The predicted octanol–water partition coefficient (Wildman–Crippen LogP) is 3.88. The maximum absolute atomic E-state index is 12.1. The van der Waals surface area contributed by atoms with E-state index in [4.69, 9.17) is 9.15 Å². The van der Waals surface area contributed by atoms with Crippen molar-refractivity contribution in [3.8, 4) is 17.2 Å². The second kappa shape index (κ2) is 8.29. The van der Waals surface area contributed by atoms with Gasteiger partial charge >= 0.3 is 0 Å². The van der Waals surface area contributed by atoms with Crippen molar-refractivity contribution in [2.45, 2.75) is 26.2 Å². The molecule has 1 aromatic heterocycles. The highest BCUT2D eigenvalue weighted by Gasteiger charge is 2.14. The molecule has 1 N–H and O–H groups in total. The Kier molecular flexibility index (Phi) is 5.63. The van der Waals surface area contributed by atoms with E-state index in [-0.39, 0.29) is 12.3 Å². The van der Waals surface area contributed by atoms with E-state index in [0.29, 0.717) is 24.0 Å². The minimum absolute atomic E-state index is 0.0914. The fourth-order valence-corrected chi connectivity index (χ4v) is 2.55. The molecule has 0 aliphatic heterocycles. The Morgan fingerprint density at radius 1 is 1.12 bits per heavy atom. The van der Waals surface area contributed by atoms with Crippen molar-refractivity contribution < 1.29 is 13.9 Å². The third kappa shape index (κ3) is 4.27. The molecule has 6 heteroatoms. The first kappa shape index (κ1) is 17.7. The van der Waals surface area contributed by atoms with Crippen molar-refractivity contribution in [1.82, 2.24) is 10.2 Å². The number of aryl methyl sites for hydroxylation is 2. The third-order valence-corrected chi connectivity index (χ3v) is 4.02. The van der Waals surface area contributed by atoms with Crippen molar-refractivity contribution >= 4 is 11.6 Å². The van der Waals surface area contributed by atoms with Crippen molar-refractivity contribution in [2.75, 3.05) is 12.4 Å². The van der Waals surface area contributed by atoms with Crippen molar-refractivity contribution in [3.63, 3.8) is 0 Å². The standard InChI is InChI=1S/C20H21N3O3/c1-3-14-8-10-15(11-9-14)21-18(24)12-13-19-22-23-20(26-19)16-6-4-5-7-17(16)25-2/h4-11H,3,12-13H2,1-2H3,(H,21,24). The third-order valence-electron chi connectivity index (χ3n) is 4.02. The summed E-state index contributed by atoms with van der Waals surface area (Å²) < 4.78 is 11.0. The lowest BCUT2D eigenvalue weighted by Crippen LogP contribution is -2.12. The summed E-state index contributed by atoms with van der Waals surface area (Å²) in [4.78, 5) is 12.1. The number of ether oxygens (including phenoxy) is 1. The molecule has 0 saturated carbocycles. The number of benzene rings is 2. The molecule has 3 aromatic rings. The summed E-state index contributed by atoms with van der Waals surface area (Å²) in [7, 11) is 1.59. The lowest BCUT2D eigenvalue weighted by Gasteiger charge is -2.05. The molecular weight excluding hydrogens is 330 g/mol. The molecule has 1 amide bonds. The largest absolute Gasteiger partial charge is 0.496 e. The van der Waals surface area contributed by atoms with E-state index in [1.165, 1.54) is 5.56 Å². The number of methoxy groups -OCH3 is 1. The van der Waals surface area contributed by atoms with Gasteiger partial charge in [-0.15, -0.1) is 10.2 Å². The number of hydrogen-bond acceptors (Lipinski definition) is 5. The van der Waals surface area contributed by atoms with Gasteiger partial charge in [-0.3, -0.25) is 4.79 Å². The van der Waals surface area contributed by atoms with Crippen LogP contribution in [0.2, 0.25) is 0 Å². The van der Waals surface area contributed by atoms with E-state index in [1.54, 1.807) is 7.11 Å². The SMILES string of the molecule is CCc1ccc(NC(=O)CCc2nnc(-c3ccccc3OC)o2)cc1. The van der Waals surface area contributed by atoms with Crippen molar-refractivity contribution in [3.05, 3.63) is 60.0 Å². The van der Waals surface area contributed by atoms with Gasteiger partial charge in [0.1, 0.15) is 5.75 Å². The lowest BCUT2D eigenvalue weighted by molar-refractivity contribution is -0.116. The zero-order valence-corrected chi connectivity index (χ0v) is 14.9. The number of carbonyl (C=O) groups is 1. The molecule has 6 nitrogen and oxygen atoms in total. The van der Waals surface area contributed by atoms with Gasteiger partial charge in [0.15, 0.2) is 0 Å². The normalized spacial score (nSPS) is 10.5. The van der Waals surface area contributed by atoms with E-state index in [2.05, 4.69) is 22.4 Å². The summed E-state index contributed by atoms with van der Waals surface area (Å²) in [5, 5.41) is 10.9. The topological polar surface area (TPSA) is 77.2 Å². The first-order valence-electron chi connectivity index (χ1n) is 8.54. The number of amides is 1. The summed E-state index contributed by atoms with van der Waals surface area (Å²) in [6.45, 7) is 2.09. The molecule has 134 valence electrons. The maximum Gasteiger partial charge on any atom is 0.251 e. The molecule has 3 rings (SSSR count). The van der Waals surface area contributed by atoms with Crippen molar-refractivity contribution in [1.29, 1.82) is 0 Å². The number of nitrogens with one attached hydrogen (secondary N) is 1. The molecule has 0 bridgehead atoms. The van der Waals surface area contributed by atoms with E-state index < -0.39 is 0 Å². The highest BCUT2D eigenvalue weighted by Crippen LogP contribution is 2.28. The molecule has 0 unspecified atom stereocenters. The summed E-state index contributed by atoms with van der Waals surface area (Å²) in [5.41, 5.74) is 2.75. The molecule has 26 heavy (non-hydrogen) atoms. The van der Waals surface area contributed by atoms with E-state index >= 15 is 0 Å². The number of anilines is 1. The Labute approximate surface area is 152 Å². The second-order valence-corrected chi connectivity index (χ2v) is 5.80. The smallest absolute Gasteiger partial charge is 0.251 e. The summed E-state index contributed by atoms with van der Waals surface area (Å²) in [6.07, 6.45) is 1.62. The number of carbonyl (C=O) groups excluding carboxylic acids is 1. The fraction of sp³-hybridized carbons (Fsp3) is 0.250. The van der Waals surface area contributed by atoms with Crippen LogP contribution in [-0.2, 0) is 17.6 Å². The number of hydrogen-bond donors (Lipinski definition) is 1. The zero-order chi connectivity index (χ0) is 18.4. The molecule has 2 aromatic carbocycles. The molecule has 0 aliphatic rings. The van der Waals surface area contributed by atoms with E-state index in [1.807, 2.05) is 48.5 Å². The van der Waals surface area contributed by atoms with Gasteiger partial charge in [-0.05, 0) is 36.2 Å². The van der Waals surface area contributed by atoms with Crippen LogP contribution in [-0.4, -0.2) is 23.2 Å². The molecular formula is C20H21N3O3. The number of aromatic nitrogens is 2. The first-order valence-corrected chi connectivity index (χ1v) is 8.54. The second-order valence-electron chi connectivity index (χ2n) is 5.80. The Morgan fingerprint density at radius 3 is 2.62 bits per heavy atom. The Hall–Kier alpha value is -3.15. The van der Waals surface area contributed by atoms with Crippen LogP contribution in [0.1, 0.15) is 24.8 Å². The Balaban J connectivity index is 1.58. The minimum Gasteiger partial charge on any atom is -0.496 e. The zero-order valence-electron chi connectivity index (χ0n) is 14.9. The van der Waals surface area contributed by atoms with Crippen LogP contribution in [0.15, 0.2) is 52.9 Å². The van der Waals surface area contributed by atoms with Gasteiger partial charge in [0.2, 0.25) is 11.8 Å². The van der Waals surface area contributed by atoms with Gasteiger partial charge in [0, 0.05) is 18.5 Å². The van der Waals surface area contributed by atoms with Crippen LogP contribution in [0.25, 0.3) is 11.5 Å². The van der Waals surface area contributed by atoms with Crippen LogP contribution in [0.3, 0.4) is 0 Å². The van der Waals surface area contributed by atoms with Crippen LogP contribution >= 0.6 is 0 Å². The van der Waals surface area contributed by atoms with Crippen LogP contribution in [0.4, 0.5) is 5.69 Å².